The number of pyridine rings is 2. The van der Waals surface area contributed by atoms with Gasteiger partial charge in [0.25, 0.3) is 5.56 Å². The second-order valence-corrected chi connectivity index (χ2v) is 8.23. The third-order valence-corrected chi connectivity index (χ3v) is 4.95. The summed E-state index contributed by atoms with van der Waals surface area (Å²) in [4.78, 5) is 16.5. The molecule has 1 atom stereocenters. The second kappa shape index (κ2) is 7.01. The van der Waals surface area contributed by atoms with Crippen LogP contribution in [-0.2, 0) is 6.18 Å². The van der Waals surface area contributed by atoms with Gasteiger partial charge >= 0.3 is 6.18 Å². The lowest BCUT2D eigenvalue weighted by Crippen LogP contribution is -2.45. The maximum absolute atomic E-state index is 13.5. The summed E-state index contributed by atoms with van der Waals surface area (Å²) in [6.07, 6.45) is -2.18. The number of aliphatic hydroxyl groups is 1. The van der Waals surface area contributed by atoms with Crippen LogP contribution < -0.4 is 10.3 Å². The molecule has 0 aliphatic heterocycles. The predicted molar refractivity (Wildman–Crippen MR) is 98.5 cm³/mol. The summed E-state index contributed by atoms with van der Waals surface area (Å²) in [5.41, 5.74) is -2.79. The van der Waals surface area contributed by atoms with Gasteiger partial charge in [-0.15, -0.1) is 0 Å². The lowest BCUT2D eigenvalue weighted by molar-refractivity contribution is -0.136. The molecule has 3 rings (SSSR count). The van der Waals surface area contributed by atoms with Crippen LogP contribution >= 0.6 is 12.6 Å². The Balaban J connectivity index is 2.07. The van der Waals surface area contributed by atoms with Crippen LogP contribution in [0.25, 0.3) is 11.0 Å². The number of fused-ring (bicyclic) bond motifs is 1. The molecule has 2 aromatic heterocycles. The third-order valence-electron chi connectivity index (χ3n) is 4.69. The number of nitrogens with zero attached hydrogens (tertiary/aromatic N) is 2. The minimum atomic E-state index is -4.69. The maximum atomic E-state index is 13.5. The van der Waals surface area contributed by atoms with E-state index in [0.29, 0.717) is 19.1 Å². The van der Waals surface area contributed by atoms with Crippen molar-refractivity contribution in [2.75, 3.05) is 6.61 Å². The summed E-state index contributed by atoms with van der Waals surface area (Å²) in [7, 11) is 0. The molecule has 148 valence electrons. The summed E-state index contributed by atoms with van der Waals surface area (Å²) < 4.78 is 47.1. The van der Waals surface area contributed by atoms with Gasteiger partial charge in [-0.25, -0.2) is 4.98 Å². The Bertz CT molecular complexity index is 901. The van der Waals surface area contributed by atoms with Crippen molar-refractivity contribution in [2.24, 2.45) is 0 Å². The van der Waals surface area contributed by atoms with Gasteiger partial charge in [0.05, 0.1) is 24.0 Å². The minimum absolute atomic E-state index is 0.0507. The van der Waals surface area contributed by atoms with Gasteiger partial charge in [-0.2, -0.15) is 25.8 Å². The fraction of sp³-hybridized carbons (Fsp3) is 0.556. The SMILES string of the molecule is CC(S)CCOc1cnc2c(c1)c(C(F)(F)F)cc(=O)n2[C@H]1C[C@@](C)(O)C1. The smallest absolute Gasteiger partial charge is 0.417 e. The van der Waals surface area contributed by atoms with Crippen molar-refractivity contribution in [3.63, 3.8) is 0 Å². The van der Waals surface area contributed by atoms with Gasteiger partial charge in [0.2, 0.25) is 0 Å². The van der Waals surface area contributed by atoms with Crippen LogP contribution in [0.2, 0.25) is 0 Å². The molecule has 1 N–H and O–H groups in total. The van der Waals surface area contributed by atoms with Gasteiger partial charge in [0, 0.05) is 22.7 Å². The van der Waals surface area contributed by atoms with E-state index in [1.54, 1.807) is 6.92 Å². The molecule has 1 aliphatic carbocycles. The molecule has 1 unspecified atom stereocenters. The highest BCUT2D eigenvalue weighted by molar-refractivity contribution is 7.80. The lowest BCUT2D eigenvalue weighted by Gasteiger charge is -2.42. The largest absolute Gasteiger partial charge is 0.492 e. The number of aromatic nitrogens is 2. The van der Waals surface area contributed by atoms with E-state index in [4.69, 9.17) is 4.74 Å². The first-order valence-electron chi connectivity index (χ1n) is 8.64. The first-order valence-corrected chi connectivity index (χ1v) is 9.15. The highest BCUT2D eigenvalue weighted by atomic mass is 32.1. The van der Waals surface area contributed by atoms with Crippen molar-refractivity contribution in [1.29, 1.82) is 0 Å². The molecule has 0 amide bonds. The van der Waals surface area contributed by atoms with Crippen LogP contribution in [0.15, 0.2) is 23.1 Å². The summed E-state index contributed by atoms with van der Waals surface area (Å²) >= 11 is 4.23. The molecule has 5 nitrogen and oxygen atoms in total. The first kappa shape index (κ1) is 20.0. The highest BCUT2D eigenvalue weighted by Crippen LogP contribution is 2.42. The van der Waals surface area contributed by atoms with Crippen molar-refractivity contribution < 1.29 is 23.0 Å². The van der Waals surface area contributed by atoms with Crippen LogP contribution in [-0.4, -0.2) is 32.1 Å². The molecule has 0 spiro atoms. The monoisotopic (exact) mass is 402 g/mol. The summed E-state index contributed by atoms with van der Waals surface area (Å²) in [6, 6.07) is 1.47. The summed E-state index contributed by atoms with van der Waals surface area (Å²) in [5, 5.41) is 9.84. The number of halogens is 3. The third kappa shape index (κ3) is 4.24. The van der Waals surface area contributed by atoms with Gasteiger partial charge in [0.15, 0.2) is 0 Å². The van der Waals surface area contributed by atoms with E-state index in [1.807, 2.05) is 6.92 Å². The second-order valence-electron chi connectivity index (χ2n) is 7.35. The Morgan fingerprint density at radius 1 is 1.44 bits per heavy atom. The molecule has 2 heterocycles. The fourth-order valence-electron chi connectivity index (χ4n) is 3.36. The van der Waals surface area contributed by atoms with Gasteiger partial charge in [0.1, 0.15) is 11.4 Å². The van der Waals surface area contributed by atoms with E-state index in [-0.39, 0.29) is 40.9 Å². The maximum Gasteiger partial charge on any atom is 0.417 e. The van der Waals surface area contributed by atoms with Crippen molar-refractivity contribution in [3.8, 4) is 5.75 Å². The average molecular weight is 402 g/mol. The normalized spacial score (nSPS) is 23.9. The van der Waals surface area contributed by atoms with Crippen LogP contribution in [0.5, 0.6) is 5.75 Å². The molecular weight excluding hydrogens is 381 g/mol. The van der Waals surface area contributed by atoms with E-state index < -0.39 is 22.9 Å². The van der Waals surface area contributed by atoms with E-state index in [0.717, 1.165) is 0 Å². The Morgan fingerprint density at radius 3 is 2.67 bits per heavy atom. The zero-order valence-corrected chi connectivity index (χ0v) is 15.8. The van der Waals surface area contributed by atoms with Crippen molar-refractivity contribution in [1.82, 2.24) is 9.55 Å². The predicted octanol–water partition coefficient (Wildman–Crippen LogP) is 3.59. The van der Waals surface area contributed by atoms with Crippen LogP contribution in [0, 0.1) is 0 Å². The van der Waals surface area contributed by atoms with E-state index in [2.05, 4.69) is 17.6 Å². The van der Waals surface area contributed by atoms with Crippen LogP contribution in [0.4, 0.5) is 13.2 Å². The van der Waals surface area contributed by atoms with E-state index in [1.165, 1.54) is 16.8 Å². The van der Waals surface area contributed by atoms with E-state index in [9.17, 15) is 23.1 Å². The number of rotatable bonds is 5. The molecule has 0 aromatic carbocycles. The van der Waals surface area contributed by atoms with Gasteiger partial charge < -0.3 is 9.84 Å². The van der Waals surface area contributed by atoms with Gasteiger partial charge in [-0.1, -0.05) is 6.92 Å². The number of hydrogen-bond donors (Lipinski definition) is 2. The van der Waals surface area contributed by atoms with Crippen molar-refractivity contribution in [3.05, 3.63) is 34.2 Å². The quantitative estimate of drug-likeness (QED) is 0.751. The molecule has 1 fully saturated rings. The van der Waals surface area contributed by atoms with E-state index >= 15 is 0 Å². The molecule has 0 saturated heterocycles. The highest BCUT2D eigenvalue weighted by Gasteiger charge is 2.42. The number of alkyl halides is 3. The van der Waals surface area contributed by atoms with Crippen LogP contribution in [0.1, 0.15) is 44.7 Å². The molecule has 9 heteroatoms. The van der Waals surface area contributed by atoms with Gasteiger partial charge in [-0.3, -0.25) is 9.36 Å². The summed E-state index contributed by atoms with van der Waals surface area (Å²) in [6.45, 7) is 3.81. The Kier molecular flexibility index (Phi) is 5.20. The average Bonchev–Trinajstić information content (AvgIpc) is 2.51. The van der Waals surface area contributed by atoms with Crippen molar-refractivity contribution >= 4 is 23.7 Å². The fourth-order valence-corrected chi connectivity index (χ4v) is 3.46. The molecule has 0 radical (unpaired) electrons. The van der Waals surface area contributed by atoms with Crippen LogP contribution in [0.3, 0.4) is 0 Å². The van der Waals surface area contributed by atoms with Crippen molar-refractivity contribution in [2.45, 2.75) is 56.2 Å². The molecule has 27 heavy (non-hydrogen) atoms. The standard InChI is InChI=1S/C18H21F3N2O3S/c1-10(27)3-4-26-12-5-13-14(18(19,20)21)6-15(24)23(16(13)22-9-12)11-7-17(2,25)8-11/h5-6,9-11,25,27H,3-4,7-8H2,1-2H3/t10?,11-,17+. The van der Waals surface area contributed by atoms with Gasteiger partial charge in [-0.05, 0) is 32.3 Å². The zero-order chi connectivity index (χ0) is 20.0. The topological polar surface area (TPSA) is 64.3 Å². The lowest BCUT2D eigenvalue weighted by atomic mass is 9.77. The number of ether oxygens (including phenoxy) is 1. The number of thiol groups is 1. The first-order chi connectivity index (χ1) is 12.5. The molecule has 0 bridgehead atoms. The Morgan fingerprint density at radius 2 is 2.11 bits per heavy atom. The molecular formula is C18H21F3N2O3S. The summed E-state index contributed by atoms with van der Waals surface area (Å²) in [5.74, 6) is 0.202. The minimum Gasteiger partial charge on any atom is -0.492 e. The zero-order valence-electron chi connectivity index (χ0n) is 15.0. The Hall–Kier alpha value is -1.74. The molecule has 2 aromatic rings. The molecule has 1 saturated carbocycles. The number of hydrogen-bond acceptors (Lipinski definition) is 5. The Labute approximate surface area is 159 Å². The molecule has 1 aliphatic rings.